The summed E-state index contributed by atoms with van der Waals surface area (Å²) in [5.74, 6) is -2.76. The molecule has 0 aromatic heterocycles. The minimum Gasteiger partial charge on any atom is -0.475 e. The lowest BCUT2D eigenvalue weighted by molar-refractivity contribution is -0.192. The van der Waals surface area contributed by atoms with E-state index >= 15 is 0 Å². The van der Waals surface area contributed by atoms with Crippen LogP contribution in [0.2, 0.25) is 0 Å². The van der Waals surface area contributed by atoms with Gasteiger partial charge in [-0.15, -0.1) is 0 Å². The number of rotatable bonds is 2. The third-order valence-corrected chi connectivity index (χ3v) is 5.27. The van der Waals surface area contributed by atoms with Gasteiger partial charge in [0.1, 0.15) is 0 Å². The Hall–Kier alpha value is -2.29. The summed E-state index contributed by atoms with van der Waals surface area (Å²) >= 11 is 0. The second kappa shape index (κ2) is 9.96. The van der Waals surface area contributed by atoms with E-state index in [9.17, 15) is 18.0 Å². The highest BCUT2D eigenvalue weighted by Gasteiger charge is 2.38. The van der Waals surface area contributed by atoms with Gasteiger partial charge in [0.2, 0.25) is 0 Å². The molecule has 2 aliphatic rings. The van der Waals surface area contributed by atoms with Crippen molar-refractivity contribution in [3.63, 3.8) is 0 Å². The van der Waals surface area contributed by atoms with E-state index in [2.05, 4.69) is 31.2 Å². The number of hydrogen-bond donors (Lipinski definition) is 2. The van der Waals surface area contributed by atoms with Crippen LogP contribution in [0.5, 0.6) is 0 Å². The average molecular weight is 415 g/mol. The Kier molecular flexibility index (Phi) is 7.89. The Bertz CT molecular complexity index is 688. The second-order valence-corrected chi connectivity index (χ2v) is 7.32. The van der Waals surface area contributed by atoms with Crippen molar-refractivity contribution >= 4 is 12.0 Å². The standard InChI is InChI=1S/C18H27N3O.C2HF3O2/c1-2-14-7-9-15(10-8-14)17-16(19)6-5-13-21(17)18(22)20-11-3-4-12-20;3-2(4,5)1(6)7/h7-10,16-17H,2-6,11-13,19H2,1H3;(H,6,7). The summed E-state index contributed by atoms with van der Waals surface area (Å²) in [4.78, 5) is 25.8. The van der Waals surface area contributed by atoms with Crippen LogP contribution in [0.15, 0.2) is 24.3 Å². The first-order valence-electron chi connectivity index (χ1n) is 9.85. The molecule has 2 heterocycles. The number of hydrogen-bond acceptors (Lipinski definition) is 3. The number of carbonyl (C=O) groups is 2. The highest BCUT2D eigenvalue weighted by atomic mass is 19.4. The molecule has 0 aliphatic carbocycles. The fourth-order valence-corrected chi connectivity index (χ4v) is 3.71. The van der Waals surface area contributed by atoms with Gasteiger partial charge in [0.15, 0.2) is 0 Å². The molecule has 3 rings (SSSR count). The van der Waals surface area contributed by atoms with E-state index in [0.717, 1.165) is 51.7 Å². The van der Waals surface area contributed by atoms with Crippen LogP contribution in [0, 0.1) is 0 Å². The number of nitrogens with two attached hydrogens (primary N) is 1. The van der Waals surface area contributed by atoms with Gasteiger partial charge in [-0.05, 0) is 43.2 Å². The van der Waals surface area contributed by atoms with Gasteiger partial charge >= 0.3 is 18.2 Å². The maximum absolute atomic E-state index is 12.8. The number of nitrogens with zero attached hydrogens (tertiary/aromatic N) is 2. The highest BCUT2D eigenvalue weighted by Crippen LogP contribution is 2.32. The molecule has 1 aromatic carbocycles. The van der Waals surface area contributed by atoms with Crippen LogP contribution in [-0.2, 0) is 11.2 Å². The summed E-state index contributed by atoms with van der Waals surface area (Å²) in [6.45, 7) is 4.77. The molecule has 0 spiro atoms. The van der Waals surface area contributed by atoms with Gasteiger partial charge in [0.05, 0.1) is 6.04 Å². The summed E-state index contributed by atoms with van der Waals surface area (Å²) < 4.78 is 31.7. The Morgan fingerprint density at radius 2 is 1.66 bits per heavy atom. The number of aliphatic carboxylic acids is 1. The predicted molar refractivity (Wildman–Crippen MR) is 102 cm³/mol. The third-order valence-electron chi connectivity index (χ3n) is 5.27. The lowest BCUT2D eigenvalue weighted by Gasteiger charge is -2.41. The third kappa shape index (κ3) is 6.09. The number of likely N-dealkylation sites (tertiary alicyclic amines) is 2. The molecule has 2 atom stereocenters. The van der Waals surface area contributed by atoms with Crippen LogP contribution in [0.25, 0.3) is 0 Å². The highest BCUT2D eigenvalue weighted by molar-refractivity contribution is 5.75. The first-order valence-corrected chi connectivity index (χ1v) is 9.85. The fourth-order valence-electron chi connectivity index (χ4n) is 3.71. The first-order chi connectivity index (χ1) is 13.6. The molecule has 2 unspecified atom stereocenters. The van der Waals surface area contributed by atoms with Gasteiger partial charge in [-0.1, -0.05) is 31.2 Å². The van der Waals surface area contributed by atoms with Crippen molar-refractivity contribution in [1.29, 1.82) is 0 Å². The maximum atomic E-state index is 12.8. The summed E-state index contributed by atoms with van der Waals surface area (Å²) in [7, 11) is 0. The average Bonchev–Trinajstić information content (AvgIpc) is 3.22. The number of piperidine rings is 1. The molecule has 29 heavy (non-hydrogen) atoms. The Morgan fingerprint density at radius 1 is 1.10 bits per heavy atom. The topological polar surface area (TPSA) is 86.9 Å². The normalized spacial score (nSPS) is 22.1. The quantitative estimate of drug-likeness (QED) is 0.773. The molecule has 0 saturated carbocycles. The smallest absolute Gasteiger partial charge is 0.475 e. The van der Waals surface area contributed by atoms with E-state index in [-0.39, 0.29) is 18.1 Å². The SMILES string of the molecule is CCc1ccc(C2C(N)CCCN2C(=O)N2CCCC2)cc1.O=C(O)C(F)(F)F. The van der Waals surface area contributed by atoms with E-state index in [1.807, 2.05) is 9.80 Å². The number of benzene rings is 1. The number of urea groups is 1. The van der Waals surface area contributed by atoms with Gasteiger partial charge in [0.25, 0.3) is 0 Å². The van der Waals surface area contributed by atoms with Crippen LogP contribution < -0.4 is 5.73 Å². The lowest BCUT2D eigenvalue weighted by Crippen LogP contribution is -2.52. The summed E-state index contributed by atoms with van der Waals surface area (Å²) in [5.41, 5.74) is 8.90. The molecule has 0 radical (unpaired) electrons. The van der Waals surface area contributed by atoms with Crippen LogP contribution in [0.4, 0.5) is 18.0 Å². The monoisotopic (exact) mass is 415 g/mol. The van der Waals surface area contributed by atoms with Crippen molar-refractivity contribution in [2.24, 2.45) is 5.73 Å². The molecule has 1 aromatic rings. The van der Waals surface area contributed by atoms with Crippen LogP contribution in [0.3, 0.4) is 0 Å². The van der Waals surface area contributed by atoms with Crippen LogP contribution >= 0.6 is 0 Å². The summed E-state index contributed by atoms with van der Waals surface area (Å²) in [6.07, 6.45) is 0.199. The van der Waals surface area contributed by atoms with Gasteiger partial charge in [-0.2, -0.15) is 13.2 Å². The van der Waals surface area contributed by atoms with Crippen molar-refractivity contribution in [2.75, 3.05) is 19.6 Å². The van der Waals surface area contributed by atoms with Gasteiger partial charge in [-0.25, -0.2) is 9.59 Å². The summed E-state index contributed by atoms with van der Waals surface area (Å²) in [6, 6.07) is 8.86. The molecule has 0 bridgehead atoms. The Labute approximate surface area is 168 Å². The second-order valence-electron chi connectivity index (χ2n) is 7.32. The minimum absolute atomic E-state index is 0.0211. The number of alkyl halides is 3. The zero-order valence-electron chi connectivity index (χ0n) is 16.5. The summed E-state index contributed by atoms with van der Waals surface area (Å²) in [5, 5.41) is 7.12. The molecular formula is C20H28F3N3O3. The number of aryl methyl sites for hydroxylation is 1. The van der Waals surface area contributed by atoms with E-state index < -0.39 is 12.1 Å². The van der Waals surface area contributed by atoms with E-state index in [1.54, 1.807) is 0 Å². The zero-order valence-corrected chi connectivity index (χ0v) is 16.5. The molecule has 162 valence electrons. The number of amides is 2. The van der Waals surface area contributed by atoms with Crippen molar-refractivity contribution in [2.45, 2.75) is 57.3 Å². The van der Waals surface area contributed by atoms with Gasteiger partial charge in [-0.3, -0.25) is 0 Å². The minimum atomic E-state index is -5.08. The first kappa shape index (κ1) is 23.0. The van der Waals surface area contributed by atoms with E-state index in [4.69, 9.17) is 15.6 Å². The van der Waals surface area contributed by atoms with Crippen molar-refractivity contribution in [3.8, 4) is 0 Å². The zero-order chi connectivity index (χ0) is 21.6. The Morgan fingerprint density at radius 3 is 2.14 bits per heavy atom. The maximum Gasteiger partial charge on any atom is 0.490 e. The van der Waals surface area contributed by atoms with Crippen LogP contribution in [-0.4, -0.2) is 58.8 Å². The van der Waals surface area contributed by atoms with Crippen molar-refractivity contribution in [1.82, 2.24) is 9.80 Å². The number of carboxylic acids is 1. The van der Waals surface area contributed by atoms with Crippen LogP contribution in [0.1, 0.15) is 49.8 Å². The fraction of sp³-hybridized carbons (Fsp3) is 0.600. The molecular weight excluding hydrogens is 387 g/mol. The number of carboxylic acid groups (broad SMARTS) is 1. The predicted octanol–water partition coefficient (Wildman–Crippen LogP) is 3.56. The molecule has 2 saturated heterocycles. The van der Waals surface area contributed by atoms with Crippen molar-refractivity contribution in [3.05, 3.63) is 35.4 Å². The molecule has 3 N–H and O–H groups in total. The van der Waals surface area contributed by atoms with Gasteiger partial charge < -0.3 is 20.6 Å². The number of halogens is 3. The molecule has 6 nitrogen and oxygen atoms in total. The molecule has 2 aliphatic heterocycles. The van der Waals surface area contributed by atoms with Crippen molar-refractivity contribution < 1.29 is 27.9 Å². The van der Waals surface area contributed by atoms with E-state index in [0.29, 0.717) is 0 Å². The lowest BCUT2D eigenvalue weighted by atomic mass is 9.90. The molecule has 9 heteroatoms. The molecule has 2 amide bonds. The number of carbonyl (C=O) groups excluding carboxylic acids is 1. The van der Waals surface area contributed by atoms with E-state index in [1.165, 1.54) is 11.1 Å². The molecule has 2 fully saturated rings. The largest absolute Gasteiger partial charge is 0.490 e. The Balaban J connectivity index is 0.000000370. The van der Waals surface area contributed by atoms with Gasteiger partial charge in [0, 0.05) is 25.7 Å².